The van der Waals surface area contributed by atoms with Gasteiger partial charge in [0.15, 0.2) is 12.3 Å². The zero-order chi connectivity index (χ0) is 69.5. The summed E-state index contributed by atoms with van der Waals surface area (Å²) in [6, 6.07) is 11.5. The number of hydrogen-bond donors (Lipinski definition) is 7. The molecule has 0 spiro atoms. The number of aromatic nitrogens is 1. The lowest BCUT2D eigenvalue weighted by Gasteiger charge is -2.31. The van der Waals surface area contributed by atoms with Crippen LogP contribution in [0.3, 0.4) is 0 Å². The van der Waals surface area contributed by atoms with E-state index in [1.54, 1.807) is 57.4 Å². The van der Waals surface area contributed by atoms with Gasteiger partial charge in [-0.05, 0) is 129 Å². The zero-order valence-electron chi connectivity index (χ0n) is 52.2. The van der Waals surface area contributed by atoms with E-state index < -0.39 is 104 Å². The van der Waals surface area contributed by atoms with Crippen LogP contribution in [-0.2, 0) is 94.6 Å². The maximum atomic E-state index is 13.3. The predicted molar refractivity (Wildman–Crippen MR) is 347 cm³/mol. The number of nitrogens with zero attached hydrogens (tertiary/aromatic N) is 3. The molecule has 0 saturated carbocycles. The lowest BCUT2D eigenvalue weighted by Crippen LogP contribution is -2.33. The number of carbonyl (C=O) groups is 1. The van der Waals surface area contributed by atoms with Gasteiger partial charge in [-0.1, -0.05) is 29.8 Å². The number of benzene rings is 4. The second kappa shape index (κ2) is 30.7. The quantitative estimate of drug-likeness (QED) is 0.0121. The lowest BCUT2D eigenvalue weighted by molar-refractivity contribution is -0.442. The molecular formula is C61H75ClN3O25S5+. The summed E-state index contributed by atoms with van der Waals surface area (Å²) in [6.07, 6.45) is 7.85. The summed E-state index contributed by atoms with van der Waals surface area (Å²) in [5.41, 5.74) is 0.829. The molecule has 3 aliphatic rings. The van der Waals surface area contributed by atoms with Crippen LogP contribution >= 0.6 is 11.6 Å². The zero-order valence-corrected chi connectivity index (χ0v) is 57.0. The number of halogens is 1. The van der Waals surface area contributed by atoms with Crippen molar-refractivity contribution in [3.63, 3.8) is 0 Å². The summed E-state index contributed by atoms with van der Waals surface area (Å²) in [7, 11) is -22.1. The van der Waals surface area contributed by atoms with Gasteiger partial charge in [-0.15, -0.1) is 4.73 Å². The van der Waals surface area contributed by atoms with Crippen LogP contribution in [0, 0.1) is 0 Å². The number of carbonyl (C=O) groups excluding carboxylic acids is 1. The van der Waals surface area contributed by atoms with E-state index in [2.05, 4.69) is 0 Å². The maximum absolute atomic E-state index is 13.3. The predicted octanol–water partition coefficient (Wildman–Crippen LogP) is 7.22. The third-order valence-corrected chi connectivity index (χ3v) is 21.4. The Morgan fingerprint density at radius 1 is 0.600 bits per heavy atom. The van der Waals surface area contributed by atoms with Gasteiger partial charge in [0.25, 0.3) is 50.6 Å². The Kier molecular flexibility index (Phi) is 24.1. The Balaban J connectivity index is 1.27. The number of aromatic hydroxyl groups is 2. The molecule has 5 aromatic rings. The molecule has 1 aromatic heterocycles. The molecule has 0 radical (unpaired) electrons. The molecule has 95 heavy (non-hydrogen) atoms. The van der Waals surface area contributed by atoms with Crippen molar-refractivity contribution < 1.29 is 118 Å². The van der Waals surface area contributed by atoms with Crippen LogP contribution in [-0.4, -0.2) is 195 Å². The molecule has 4 aromatic carbocycles. The monoisotopic (exact) mass is 1440 g/mol. The number of hydrogen-bond acceptors (Lipinski definition) is 21. The van der Waals surface area contributed by atoms with Crippen molar-refractivity contribution in [1.29, 1.82) is 0 Å². The van der Waals surface area contributed by atoms with Crippen LogP contribution in [0.4, 0.5) is 11.4 Å². The highest BCUT2D eigenvalue weighted by molar-refractivity contribution is 7.87. The summed E-state index contributed by atoms with van der Waals surface area (Å²) in [5, 5.41) is 20.4. The SMILES string of the molecule is COCCOCCOCCOCCC1(C)C(=CC=C2CCCC(C=CC3=[N+](CCOCCOC)c4ccc5c(S(=O)(=O)O)cc(S(=O)(=O)O)cc5c4C3(C)CCCS(=O)(=O)O)=C2Cl)N(CCCC(=O)On2c(O)ccc2O)c2ccc3c(S(=O)(=O)O)cc(S(=O)(=O)O)cc3c21. The molecule has 1 aliphatic carbocycles. The summed E-state index contributed by atoms with van der Waals surface area (Å²) >= 11 is 7.47. The van der Waals surface area contributed by atoms with Crippen molar-refractivity contribution in [2.75, 3.05) is 104 Å². The van der Waals surface area contributed by atoms with Crippen LogP contribution in [0.2, 0.25) is 0 Å². The molecule has 0 amide bonds. The van der Waals surface area contributed by atoms with E-state index in [0.29, 0.717) is 95.4 Å². The van der Waals surface area contributed by atoms with Crippen LogP contribution in [0.15, 0.2) is 126 Å². The van der Waals surface area contributed by atoms with Crippen molar-refractivity contribution in [2.45, 2.75) is 95.6 Å². The van der Waals surface area contributed by atoms with Crippen LogP contribution in [0.5, 0.6) is 11.8 Å². The van der Waals surface area contributed by atoms with E-state index in [9.17, 15) is 79.9 Å². The average Bonchev–Trinajstić information content (AvgIpc) is 1.60. The average molecular weight is 1450 g/mol. The van der Waals surface area contributed by atoms with Gasteiger partial charge in [0.05, 0.1) is 73.8 Å². The molecule has 34 heteroatoms. The van der Waals surface area contributed by atoms with Crippen molar-refractivity contribution in [2.24, 2.45) is 0 Å². The van der Waals surface area contributed by atoms with Gasteiger partial charge in [-0.3, -0.25) is 22.8 Å². The first-order valence-corrected chi connectivity index (χ1v) is 37.5. The lowest BCUT2D eigenvalue weighted by atomic mass is 9.74. The summed E-state index contributed by atoms with van der Waals surface area (Å²) in [5.74, 6) is -2.70. The van der Waals surface area contributed by atoms with E-state index in [1.165, 1.54) is 19.2 Å². The first-order valence-electron chi connectivity index (χ1n) is 29.7. The van der Waals surface area contributed by atoms with E-state index in [1.807, 2.05) is 9.48 Å². The number of methoxy groups -OCH3 is 2. The number of ether oxygens (including phenoxy) is 6. The Hall–Kier alpha value is -6.22. The molecule has 0 fully saturated rings. The minimum atomic E-state index is -5.18. The second-order valence-electron chi connectivity index (χ2n) is 23.0. The number of anilines is 1. The molecule has 28 nitrogen and oxygen atoms in total. The number of rotatable bonds is 34. The molecular weight excluding hydrogens is 1370 g/mol. The van der Waals surface area contributed by atoms with Crippen LogP contribution in [0.25, 0.3) is 21.5 Å². The molecule has 2 unspecified atom stereocenters. The highest BCUT2D eigenvalue weighted by Gasteiger charge is 2.50. The highest BCUT2D eigenvalue weighted by Crippen LogP contribution is 2.55. The minimum absolute atomic E-state index is 0.00360. The molecule has 0 bridgehead atoms. The van der Waals surface area contributed by atoms with E-state index in [0.717, 1.165) is 24.3 Å². The third kappa shape index (κ3) is 17.6. The van der Waals surface area contributed by atoms with Crippen molar-refractivity contribution in [1.82, 2.24) is 4.73 Å². The molecule has 8 rings (SSSR count). The topological polar surface area (TPSA) is 405 Å². The standard InChI is InChI=1S/C61H74ClN3O25S5/c1-60(21-7-35-91(69,70)71)52(64(24-26-87-29-27-84-3)49-16-14-44-46(57(49)60)36-42(92(72,73)74)38-50(44)94(78,79)80)17-11-40-8-5-9-41(59(40)62)12-18-53-61(2,22-25-86-31-32-89-34-33-88-30-28-85-4)58-47-37-43(93(75,76)77)39-51(95(81,82)83)45(47)13-15-48(58)63(53)23-6-10-56(68)90-65-54(66)19-20-55(65)67/h11-20,36-39H,5-10,21-35H2,1-4H3,(H6-,66,67,69,70,71,72,73,74,75,76,77,78,79,80,81,82,83)/p+1. The normalized spacial score (nSPS) is 19.0. The van der Waals surface area contributed by atoms with Gasteiger partial charge >= 0.3 is 5.97 Å². The molecule has 3 heterocycles. The molecule has 0 saturated heterocycles. The maximum Gasteiger partial charge on any atom is 0.333 e. The Morgan fingerprint density at radius 2 is 1.14 bits per heavy atom. The van der Waals surface area contributed by atoms with Crippen molar-refractivity contribution in [3.05, 3.63) is 118 Å². The van der Waals surface area contributed by atoms with Gasteiger partial charge < -0.3 is 48.4 Å². The number of allylic oxidation sites excluding steroid dienone is 8. The highest BCUT2D eigenvalue weighted by atomic mass is 35.5. The van der Waals surface area contributed by atoms with E-state index in [4.69, 9.17) is 44.9 Å². The molecule has 2 aliphatic heterocycles. The third-order valence-electron chi connectivity index (χ3n) is 16.6. The Labute approximate surface area is 555 Å². The molecule has 2 atom stereocenters. The summed E-state index contributed by atoms with van der Waals surface area (Å²) < 4.78 is 216. The molecule has 520 valence electrons. The van der Waals surface area contributed by atoms with E-state index >= 15 is 0 Å². The van der Waals surface area contributed by atoms with Gasteiger partial charge in [0.2, 0.25) is 17.4 Å². The fourth-order valence-corrected chi connectivity index (χ4v) is 15.8. The van der Waals surface area contributed by atoms with Gasteiger partial charge in [0, 0.05) is 96.2 Å². The molecule has 7 N–H and O–H groups in total. The summed E-state index contributed by atoms with van der Waals surface area (Å²) in [4.78, 5) is 17.0. The first kappa shape index (κ1) is 74.6. The summed E-state index contributed by atoms with van der Waals surface area (Å²) in [6.45, 7) is 5.66. The second-order valence-corrected chi connectivity index (χ2v) is 30.5. The minimum Gasteiger partial charge on any atom is -0.492 e. The van der Waals surface area contributed by atoms with Gasteiger partial charge in [-0.25, -0.2) is 4.79 Å². The fraction of sp³-hybridized carbons (Fsp3) is 0.443. The van der Waals surface area contributed by atoms with Gasteiger partial charge in [-0.2, -0.15) is 46.7 Å². The van der Waals surface area contributed by atoms with Crippen molar-refractivity contribution >= 4 is 107 Å². The van der Waals surface area contributed by atoms with Crippen molar-refractivity contribution in [3.8, 4) is 11.8 Å². The Morgan fingerprint density at radius 3 is 1.68 bits per heavy atom. The van der Waals surface area contributed by atoms with Crippen LogP contribution < -0.4 is 9.74 Å². The first-order chi connectivity index (χ1) is 44.6. The fourth-order valence-electron chi connectivity index (χ4n) is 12.3. The van der Waals surface area contributed by atoms with Gasteiger partial charge in [0.1, 0.15) is 16.4 Å². The Bertz CT molecular complexity index is 4490. The van der Waals surface area contributed by atoms with E-state index in [-0.39, 0.29) is 124 Å². The largest absolute Gasteiger partial charge is 0.492 e. The van der Waals surface area contributed by atoms with Crippen LogP contribution in [0.1, 0.15) is 76.3 Å². The number of fused-ring (bicyclic) bond motifs is 6. The smallest absolute Gasteiger partial charge is 0.333 e.